The molecule has 7 nitrogen and oxygen atoms in total. The van der Waals surface area contributed by atoms with E-state index >= 15 is 0 Å². The van der Waals surface area contributed by atoms with Crippen LogP contribution >= 0.6 is 11.3 Å². The van der Waals surface area contributed by atoms with Gasteiger partial charge in [-0.3, -0.25) is 20.2 Å². The van der Waals surface area contributed by atoms with Gasteiger partial charge in [0, 0.05) is 17.2 Å². The van der Waals surface area contributed by atoms with Crippen LogP contribution in [0.2, 0.25) is 0 Å². The molecule has 0 atom stereocenters. The number of amides is 1. The number of nitrogens with one attached hydrogen (secondary N) is 1. The number of aromatic nitrogens is 1. The van der Waals surface area contributed by atoms with Gasteiger partial charge in [-0.2, -0.15) is 0 Å². The molecule has 0 bridgehead atoms. The van der Waals surface area contributed by atoms with E-state index in [0.29, 0.717) is 16.3 Å². The molecule has 1 N–H and O–H groups in total. The Morgan fingerprint density at radius 2 is 2.08 bits per heavy atom. The first-order valence-corrected chi connectivity index (χ1v) is 7.80. The molecule has 3 aromatic rings. The number of rotatable bonds is 4. The van der Waals surface area contributed by atoms with Crippen molar-refractivity contribution in [3.63, 3.8) is 0 Å². The molecule has 2 aromatic carbocycles. The van der Waals surface area contributed by atoms with Gasteiger partial charge in [-0.05, 0) is 37.3 Å². The second-order valence-corrected chi connectivity index (χ2v) is 6.10. The summed E-state index contributed by atoms with van der Waals surface area (Å²) in [5, 5.41) is 14.0. The zero-order valence-corrected chi connectivity index (χ0v) is 13.7. The van der Waals surface area contributed by atoms with Gasteiger partial charge in [0.2, 0.25) is 0 Å². The van der Waals surface area contributed by atoms with Crippen LogP contribution in [-0.4, -0.2) is 22.9 Å². The van der Waals surface area contributed by atoms with Crippen LogP contribution in [0, 0.1) is 17.0 Å². The zero-order chi connectivity index (χ0) is 17.3. The van der Waals surface area contributed by atoms with Crippen molar-refractivity contribution in [3.05, 3.63) is 57.6 Å². The number of aryl methyl sites for hydroxylation is 1. The van der Waals surface area contributed by atoms with Gasteiger partial charge in [0.1, 0.15) is 5.75 Å². The average molecular weight is 343 g/mol. The Balaban J connectivity index is 1.84. The second-order valence-electron chi connectivity index (χ2n) is 5.07. The number of hydrogen-bond donors (Lipinski definition) is 1. The number of methoxy groups -OCH3 is 1. The summed E-state index contributed by atoms with van der Waals surface area (Å²) >= 11 is 1.33. The minimum atomic E-state index is -0.474. The molecule has 0 fully saturated rings. The number of carbonyl (C=O) groups excluding carboxylic acids is 1. The van der Waals surface area contributed by atoms with Crippen molar-refractivity contribution in [2.24, 2.45) is 0 Å². The molecule has 1 amide bonds. The quantitative estimate of drug-likeness (QED) is 0.575. The third-order valence-corrected chi connectivity index (χ3v) is 4.41. The fourth-order valence-electron chi connectivity index (χ4n) is 2.26. The van der Waals surface area contributed by atoms with Crippen LogP contribution in [0.5, 0.6) is 5.75 Å². The third-order valence-electron chi connectivity index (χ3n) is 3.47. The highest BCUT2D eigenvalue weighted by Crippen LogP contribution is 2.29. The molecule has 0 aliphatic rings. The molecule has 0 saturated carbocycles. The number of ether oxygens (including phenoxy) is 1. The van der Waals surface area contributed by atoms with Gasteiger partial charge in [0.15, 0.2) is 5.13 Å². The predicted molar refractivity (Wildman–Crippen MR) is 92.0 cm³/mol. The summed E-state index contributed by atoms with van der Waals surface area (Å²) in [7, 11) is 1.59. The number of hydrogen-bond acceptors (Lipinski definition) is 6. The van der Waals surface area contributed by atoms with E-state index in [9.17, 15) is 14.9 Å². The van der Waals surface area contributed by atoms with Crippen molar-refractivity contribution in [2.75, 3.05) is 12.4 Å². The molecule has 3 rings (SSSR count). The standard InChI is InChI=1S/C16H13N3O4S/c1-9-7-10(3-6-13(9)19(21)22)15(20)18-16-17-12-5-4-11(23-2)8-14(12)24-16/h3-8H,1-2H3,(H,17,18,20). The summed E-state index contributed by atoms with van der Waals surface area (Å²) in [5.74, 6) is 0.356. The van der Waals surface area contributed by atoms with Gasteiger partial charge in [-0.1, -0.05) is 11.3 Å². The summed E-state index contributed by atoms with van der Waals surface area (Å²) in [6, 6.07) is 9.70. The third kappa shape index (κ3) is 3.04. The first kappa shape index (κ1) is 15.9. The van der Waals surface area contributed by atoms with E-state index in [0.717, 1.165) is 16.0 Å². The van der Waals surface area contributed by atoms with Crippen LogP contribution in [0.25, 0.3) is 10.2 Å². The second kappa shape index (κ2) is 6.25. The predicted octanol–water partition coefficient (Wildman–Crippen LogP) is 3.77. The molecule has 0 aliphatic carbocycles. The largest absolute Gasteiger partial charge is 0.497 e. The SMILES string of the molecule is COc1ccc2nc(NC(=O)c3ccc([N+](=O)[O-])c(C)c3)sc2c1. The number of nitro benzene ring substituents is 1. The van der Waals surface area contributed by atoms with Crippen LogP contribution in [-0.2, 0) is 0 Å². The first-order chi connectivity index (χ1) is 11.5. The summed E-state index contributed by atoms with van der Waals surface area (Å²) in [4.78, 5) is 27.0. The molecule has 1 aromatic heterocycles. The Labute approximate surface area is 141 Å². The van der Waals surface area contributed by atoms with Crippen molar-refractivity contribution in [1.82, 2.24) is 4.98 Å². The smallest absolute Gasteiger partial charge is 0.272 e. The Bertz CT molecular complexity index is 952. The molecule has 8 heteroatoms. The van der Waals surface area contributed by atoms with E-state index in [1.165, 1.54) is 29.5 Å². The molecular weight excluding hydrogens is 330 g/mol. The number of carbonyl (C=O) groups is 1. The molecule has 1 heterocycles. The molecule has 24 heavy (non-hydrogen) atoms. The lowest BCUT2D eigenvalue weighted by Crippen LogP contribution is -2.12. The summed E-state index contributed by atoms with van der Waals surface area (Å²) in [5.41, 5.74) is 1.52. The Kier molecular flexibility index (Phi) is 4.13. The van der Waals surface area contributed by atoms with E-state index in [-0.39, 0.29) is 11.6 Å². The summed E-state index contributed by atoms with van der Waals surface area (Å²) in [6.45, 7) is 1.60. The highest BCUT2D eigenvalue weighted by molar-refractivity contribution is 7.22. The van der Waals surface area contributed by atoms with Crippen LogP contribution in [0.1, 0.15) is 15.9 Å². The maximum atomic E-state index is 12.3. The number of fused-ring (bicyclic) bond motifs is 1. The monoisotopic (exact) mass is 343 g/mol. The molecular formula is C16H13N3O4S. The van der Waals surface area contributed by atoms with Gasteiger partial charge >= 0.3 is 0 Å². The van der Waals surface area contributed by atoms with E-state index in [4.69, 9.17) is 4.74 Å². The minimum Gasteiger partial charge on any atom is -0.497 e. The van der Waals surface area contributed by atoms with Crippen molar-refractivity contribution in [1.29, 1.82) is 0 Å². The molecule has 122 valence electrons. The molecule has 0 spiro atoms. The summed E-state index contributed by atoms with van der Waals surface area (Å²) in [6.07, 6.45) is 0. The summed E-state index contributed by atoms with van der Waals surface area (Å²) < 4.78 is 6.06. The van der Waals surface area contributed by atoms with Crippen molar-refractivity contribution in [3.8, 4) is 5.75 Å². The lowest BCUT2D eigenvalue weighted by molar-refractivity contribution is -0.385. The molecule has 0 radical (unpaired) electrons. The van der Waals surface area contributed by atoms with Crippen LogP contribution in [0.3, 0.4) is 0 Å². The maximum Gasteiger partial charge on any atom is 0.272 e. The van der Waals surface area contributed by atoms with Gasteiger partial charge in [-0.15, -0.1) is 0 Å². The van der Waals surface area contributed by atoms with E-state index < -0.39 is 4.92 Å². The first-order valence-electron chi connectivity index (χ1n) is 6.99. The van der Waals surface area contributed by atoms with Gasteiger partial charge < -0.3 is 4.74 Å². The lowest BCUT2D eigenvalue weighted by Gasteiger charge is -2.03. The van der Waals surface area contributed by atoms with Gasteiger partial charge in [0.25, 0.3) is 11.6 Å². The van der Waals surface area contributed by atoms with E-state index in [1.54, 1.807) is 20.1 Å². The van der Waals surface area contributed by atoms with Crippen molar-refractivity contribution < 1.29 is 14.5 Å². The Morgan fingerprint density at radius 1 is 1.29 bits per heavy atom. The highest BCUT2D eigenvalue weighted by atomic mass is 32.1. The molecule has 0 unspecified atom stereocenters. The Morgan fingerprint density at radius 3 is 2.75 bits per heavy atom. The van der Waals surface area contributed by atoms with Crippen molar-refractivity contribution in [2.45, 2.75) is 6.92 Å². The van der Waals surface area contributed by atoms with Crippen LogP contribution in [0.15, 0.2) is 36.4 Å². The number of nitrogens with zero attached hydrogens (tertiary/aromatic N) is 2. The number of thiazole rings is 1. The highest BCUT2D eigenvalue weighted by Gasteiger charge is 2.15. The minimum absolute atomic E-state index is 0.0152. The van der Waals surface area contributed by atoms with E-state index in [2.05, 4.69) is 10.3 Å². The topological polar surface area (TPSA) is 94.4 Å². The maximum absolute atomic E-state index is 12.3. The normalized spacial score (nSPS) is 10.6. The number of anilines is 1. The van der Waals surface area contributed by atoms with Gasteiger partial charge in [0.05, 0.1) is 22.2 Å². The lowest BCUT2D eigenvalue weighted by atomic mass is 10.1. The van der Waals surface area contributed by atoms with E-state index in [1.807, 2.05) is 12.1 Å². The number of nitro groups is 1. The molecule has 0 aliphatic heterocycles. The van der Waals surface area contributed by atoms with Crippen LogP contribution < -0.4 is 10.1 Å². The Hall–Kier alpha value is -3.00. The molecule has 0 saturated heterocycles. The average Bonchev–Trinajstić information content (AvgIpc) is 2.95. The van der Waals surface area contributed by atoms with Gasteiger partial charge in [-0.25, -0.2) is 4.98 Å². The van der Waals surface area contributed by atoms with Crippen molar-refractivity contribution >= 4 is 38.3 Å². The zero-order valence-electron chi connectivity index (χ0n) is 12.9. The fraction of sp³-hybridized carbons (Fsp3) is 0.125. The van der Waals surface area contributed by atoms with Crippen LogP contribution in [0.4, 0.5) is 10.8 Å². The fourth-order valence-corrected chi connectivity index (χ4v) is 3.15. The number of benzene rings is 2.